The van der Waals surface area contributed by atoms with Gasteiger partial charge in [0.15, 0.2) is 0 Å². The van der Waals surface area contributed by atoms with Crippen LogP contribution in [0.1, 0.15) is 28.0 Å². The second-order valence-electron chi connectivity index (χ2n) is 7.76. The van der Waals surface area contributed by atoms with Crippen molar-refractivity contribution in [3.63, 3.8) is 0 Å². The number of anilines is 2. The number of rotatable bonds is 2. The molecule has 1 saturated heterocycles. The minimum Gasteiger partial charge on any atom is -0.368 e. The van der Waals surface area contributed by atoms with Gasteiger partial charge in [-0.15, -0.1) is 0 Å². The van der Waals surface area contributed by atoms with E-state index in [0.29, 0.717) is 25.2 Å². The number of nitrogens with one attached hydrogen (secondary N) is 1. The van der Waals surface area contributed by atoms with Crippen molar-refractivity contribution in [2.45, 2.75) is 19.8 Å². The second-order valence-corrected chi connectivity index (χ2v) is 7.76. The molecule has 5 rings (SSSR count). The van der Waals surface area contributed by atoms with Crippen LogP contribution in [-0.2, 0) is 11.2 Å². The van der Waals surface area contributed by atoms with Gasteiger partial charge in [0.2, 0.25) is 5.91 Å². The molecule has 2 amide bonds. The number of amides is 2. The largest absolute Gasteiger partial charge is 0.368 e. The van der Waals surface area contributed by atoms with Crippen molar-refractivity contribution < 1.29 is 9.59 Å². The van der Waals surface area contributed by atoms with E-state index >= 15 is 0 Å². The molecule has 2 aromatic heterocycles. The van der Waals surface area contributed by atoms with E-state index in [-0.39, 0.29) is 11.8 Å². The first-order valence-corrected chi connectivity index (χ1v) is 9.99. The summed E-state index contributed by atoms with van der Waals surface area (Å²) in [5.41, 5.74) is 5.67. The lowest BCUT2D eigenvalue weighted by atomic mass is 10.0. The highest BCUT2D eigenvalue weighted by atomic mass is 16.2. The standard InChI is InChI=1S/C22H23N5O2/c1-15-6-7-27-14-19(23-20(27)12-15)22(29)26-10-8-25(9-11-26)17-3-4-18-16(13-17)2-5-21(28)24-18/h3-4,6-7,12-14H,2,5,8-11H2,1H3,(H,24,28). The van der Waals surface area contributed by atoms with Crippen LogP contribution in [0, 0.1) is 6.92 Å². The van der Waals surface area contributed by atoms with Gasteiger partial charge >= 0.3 is 0 Å². The molecule has 1 N–H and O–H groups in total. The predicted octanol–water partition coefficient (Wildman–Crippen LogP) is 2.49. The molecule has 29 heavy (non-hydrogen) atoms. The maximum Gasteiger partial charge on any atom is 0.274 e. The number of imidazole rings is 1. The molecule has 0 aliphatic carbocycles. The number of nitrogens with zero attached hydrogens (tertiary/aromatic N) is 4. The Hall–Kier alpha value is -3.35. The summed E-state index contributed by atoms with van der Waals surface area (Å²) in [4.78, 5) is 33.1. The zero-order chi connectivity index (χ0) is 20.0. The Balaban J connectivity index is 1.27. The maximum absolute atomic E-state index is 12.9. The number of hydrogen-bond acceptors (Lipinski definition) is 4. The molecule has 4 heterocycles. The Morgan fingerprint density at radius 2 is 1.90 bits per heavy atom. The van der Waals surface area contributed by atoms with E-state index < -0.39 is 0 Å². The van der Waals surface area contributed by atoms with Crippen molar-refractivity contribution >= 4 is 28.8 Å². The number of fused-ring (bicyclic) bond motifs is 2. The fraction of sp³-hybridized carbons (Fsp3) is 0.318. The molecule has 1 aromatic carbocycles. The Kier molecular flexibility index (Phi) is 4.23. The monoisotopic (exact) mass is 389 g/mol. The first-order valence-electron chi connectivity index (χ1n) is 9.99. The molecule has 1 fully saturated rings. The smallest absolute Gasteiger partial charge is 0.274 e. The number of benzene rings is 1. The van der Waals surface area contributed by atoms with Crippen molar-refractivity contribution in [3.8, 4) is 0 Å². The SMILES string of the molecule is Cc1ccn2cc(C(=O)N3CCN(c4ccc5c(c4)CCC(=O)N5)CC3)nc2c1. The summed E-state index contributed by atoms with van der Waals surface area (Å²) in [7, 11) is 0. The van der Waals surface area contributed by atoms with Gasteiger partial charge in [0, 0.05) is 56.4 Å². The van der Waals surface area contributed by atoms with Crippen LogP contribution in [0.25, 0.3) is 5.65 Å². The number of aryl methyl sites for hydroxylation is 2. The van der Waals surface area contributed by atoms with E-state index in [4.69, 9.17) is 0 Å². The first kappa shape index (κ1) is 17.7. The van der Waals surface area contributed by atoms with Crippen LogP contribution in [0.4, 0.5) is 11.4 Å². The zero-order valence-electron chi connectivity index (χ0n) is 16.4. The highest BCUT2D eigenvalue weighted by molar-refractivity contribution is 5.94. The van der Waals surface area contributed by atoms with Crippen LogP contribution < -0.4 is 10.2 Å². The molecule has 7 heteroatoms. The second kappa shape index (κ2) is 6.92. The number of aromatic nitrogens is 2. The Bertz CT molecular complexity index is 1110. The van der Waals surface area contributed by atoms with Gasteiger partial charge in [-0.1, -0.05) is 0 Å². The van der Waals surface area contributed by atoms with Crippen molar-refractivity contribution in [1.82, 2.24) is 14.3 Å². The molecule has 2 aliphatic heterocycles. The molecule has 0 saturated carbocycles. The summed E-state index contributed by atoms with van der Waals surface area (Å²) in [5, 5.41) is 2.93. The Labute approximate surface area is 168 Å². The molecule has 0 spiro atoms. The molecular formula is C22H23N5O2. The summed E-state index contributed by atoms with van der Waals surface area (Å²) in [6.07, 6.45) is 5.06. The molecule has 0 radical (unpaired) electrons. The fourth-order valence-corrected chi connectivity index (χ4v) is 4.08. The van der Waals surface area contributed by atoms with Crippen LogP contribution in [0.5, 0.6) is 0 Å². The van der Waals surface area contributed by atoms with Gasteiger partial charge in [0.1, 0.15) is 11.3 Å². The van der Waals surface area contributed by atoms with Crippen molar-refractivity contribution in [3.05, 3.63) is 59.5 Å². The van der Waals surface area contributed by atoms with Gasteiger partial charge in [0.05, 0.1) is 0 Å². The average molecular weight is 389 g/mol. The third kappa shape index (κ3) is 3.33. The minimum absolute atomic E-state index is 0.0147. The molecule has 0 unspecified atom stereocenters. The number of hydrogen-bond donors (Lipinski definition) is 1. The Morgan fingerprint density at radius 1 is 1.07 bits per heavy atom. The normalized spacial score (nSPS) is 16.7. The van der Waals surface area contributed by atoms with E-state index in [1.807, 2.05) is 46.7 Å². The molecule has 0 atom stereocenters. The van der Waals surface area contributed by atoms with Gasteiger partial charge in [-0.05, 0) is 54.8 Å². The van der Waals surface area contributed by atoms with Gasteiger partial charge in [-0.25, -0.2) is 4.98 Å². The molecule has 2 aliphatic rings. The molecule has 148 valence electrons. The molecular weight excluding hydrogens is 366 g/mol. The van der Waals surface area contributed by atoms with Gasteiger partial charge < -0.3 is 19.5 Å². The predicted molar refractivity (Wildman–Crippen MR) is 111 cm³/mol. The molecule has 7 nitrogen and oxygen atoms in total. The van der Waals surface area contributed by atoms with Crippen LogP contribution in [0.2, 0.25) is 0 Å². The highest BCUT2D eigenvalue weighted by Gasteiger charge is 2.25. The van der Waals surface area contributed by atoms with Gasteiger partial charge in [0.25, 0.3) is 5.91 Å². The third-order valence-corrected chi connectivity index (χ3v) is 5.75. The van der Waals surface area contributed by atoms with E-state index in [2.05, 4.69) is 21.3 Å². The maximum atomic E-state index is 12.9. The van der Waals surface area contributed by atoms with E-state index in [1.54, 1.807) is 6.20 Å². The highest BCUT2D eigenvalue weighted by Crippen LogP contribution is 2.28. The lowest BCUT2D eigenvalue weighted by Gasteiger charge is -2.36. The zero-order valence-corrected chi connectivity index (χ0v) is 16.4. The van der Waals surface area contributed by atoms with Crippen LogP contribution >= 0.6 is 0 Å². The van der Waals surface area contributed by atoms with Crippen molar-refractivity contribution in [2.24, 2.45) is 0 Å². The lowest BCUT2D eigenvalue weighted by Crippen LogP contribution is -2.49. The quantitative estimate of drug-likeness (QED) is 0.731. The van der Waals surface area contributed by atoms with E-state index in [9.17, 15) is 9.59 Å². The van der Waals surface area contributed by atoms with Crippen LogP contribution in [0.15, 0.2) is 42.7 Å². The van der Waals surface area contributed by atoms with E-state index in [1.165, 1.54) is 5.56 Å². The van der Waals surface area contributed by atoms with E-state index in [0.717, 1.165) is 42.1 Å². The lowest BCUT2D eigenvalue weighted by molar-refractivity contribution is -0.116. The molecule has 0 bridgehead atoms. The number of carbonyl (C=O) groups is 2. The van der Waals surface area contributed by atoms with Crippen molar-refractivity contribution in [1.29, 1.82) is 0 Å². The summed E-state index contributed by atoms with van der Waals surface area (Å²) in [5.74, 6) is 0.0682. The topological polar surface area (TPSA) is 70.0 Å². The minimum atomic E-state index is -0.0147. The third-order valence-electron chi connectivity index (χ3n) is 5.75. The van der Waals surface area contributed by atoms with Crippen molar-refractivity contribution in [2.75, 3.05) is 36.4 Å². The fourth-order valence-electron chi connectivity index (χ4n) is 4.08. The average Bonchev–Trinajstić information content (AvgIpc) is 3.16. The number of carbonyl (C=O) groups excluding carboxylic acids is 2. The van der Waals surface area contributed by atoms with Crippen LogP contribution in [-0.4, -0.2) is 52.3 Å². The number of piperazine rings is 1. The Morgan fingerprint density at radius 3 is 2.72 bits per heavy atom. The number of pyridine rings is 1. The summed E-state index contributed by atoms with van der Waals surface area (Å²) in [6.45, 7) is 4.91. The summed E-state index contributed by atoms with van der Waals surface area (Å²) >= 11 is 0. The van der Waals surface area contributed by atoms with Gasteiger partial charge in [-0.2, -0.15) is 0 Å². The van der Waals surface area contributed by atoms with Gasteiger partial charge in [-0.3, -0.25) is 9.59 Å². The molecule has 3 aromatic rings. The summed E-state index contributed by atoms with van der Waals surface area (Å²) < 4.78 is 1.89. The first-order chi connectivity index (χ1) is 14.1. The summed E-state index contributed by atoms with van der Waals surface area (Å²) in [6, 6.07) is 10.2. The van der Waals surface area contributed by atoms with Crippen LogP contribution in [0.3, 0.4) is 0 Å².